The summed E-state index contributed by atoms with van der Waals surface area (Å²) in [6.45, 7) is 3.68. The number of alkyl halides is 3. The van der Waals surface area contributed by atoms with Gasteiger partial charge in [-0.3, -0.25) is 9.59 Å². The van der Waals surface area contributed by atoms with Gasteiger partial charge in [-0.1, -0.05) is 19.0 Å². The predicted molar refractivity (Wildman–Crippen MR) is 136 cm³/mol. The van der Waals surface area contributed by atoms with Crippen LogP contribution in [0.2, 0.25) is 0 Å². The molecule has 0 unspecified atom stereocenters. The van der Waals surface area contributed by atoms with Gasteiger partial charge in [-0.2, -0.15) is 5.10 Å². The number of halogens is 3. The lowest BCUT2D eigenvalue weighted by molar-refractivity contribution is -0.216. The number of nitrogens with one attached hydrogen (secondary N) is 2. The van der Waals surface area contributed by atoms with Gasteiger partial charge >= 0.3 is 0 Å². The summed E-state index contributed by atoms with van der Waals surface area (Å²) in [5.74, 6) is -4.13. The Morgan fingerprint density at radius 3 is 2.51 bits per heavy atom. The lowest BCUT2D eigenvalue weighted by Crippen LogP contribution is -2.65. The normalized spacial score (nSPS) is 26.7. The van der Waals surface area contributed by atoms with E-state index in [-0.39, 0.29) is 66.5 Å². The van der Waals surface area contributed by atoms with Crippen LogP contribution in [0, 0.1) is 11.3 Å². The first-order valence-corrected chi connectivity index (χ1v) is 13.9. The second kappa shape index (κ2) is 9.78. The fourth-order valence-electron chi connectivity index (χ4n) is 6.66. The van der Waals surface area contributed by atoms with Crippen LogP contribution < -0.4 is 10.6 Å². The molecule has 0 spiro atoms. The standard InChI is InChI=1S/C27H32F3N7O4/c1-14(2)20-22(36-41-35-20)24(40)34-21(15-3-5-27(29,30)6-4-15)17-10-37-18(32-17)7-16(9-31-37)23(39)33-19(38)8-25-11-26(28,12-25)13-25/h7,9-10,14-15,21,23,39H,3-6,8,11-13H2,1-2H3,(H,33,38)(H,34,40)/t21-,23+,25?,26?/m0/s1. The van der Waals surface area contributed by atoms with Crippen molar-refractivity contribution in [2.45, 2.75) is 95.0 Å². The van der Waals surface area contributed by atoms with Gasteiger partial charge in [0, 0.05) is 30.7 Å². The molecule has 4 aliphatic rings. The zero-order valence-corrected chi connectivity index (χ0v) is 22.7. The fraction of sp³-hybridized carbons (Fsp3) is 0.630. The van der Waals surface area contributed by atoms with E-state index in [1.54, 1.807) is 12.3 Å². The van der Waals surface area contributed by atoms with Gasteiger partial charge in [0.2, 0.25) is 11.8 Å². The summed E-state index contributed by atoms with van der Waals surface area (Å²) < 4.78 is 47.9. The Hall–Kier alpha value is -3.55. The van der Waals surface area contributed by atoms with E-state index in [2.05, 4.69) is 31.0 Å². The van der Waals surface area contributed by atoms with Crippen molar-refractivity contribution in [2.75, 3.05) is 0 Å². The lowest BCUT2D eigenvalue weighted by atomic mass is 9.41. The monoisotopic (exact) mass is 575 g/mol. The summed E-state index contributed by atoms with van der Waals surface area (Å²) in [6, 6.07) is 0.822. The van der Waals surface area contributed by atoms with E-state index in [1.165, 1.54) is 10.7 Å². The molecule has 3 aromatic rings. The number of carbonyl (C=O) groups excluding carboxylic acids is 2. The highest BCUT2D eigenvalue weighted by Crippen LogP contribution is 2.71. The Morgan fingerprint density at radius 1 is 1.15 bits per heavy atom. The van der Waals surface area contributed by atoms with Crippen LogP contribution in [0.15, 0.2) is 23.1 Å². The SMILES string of the molecule is CC(C)c1nonc1C(=O)N[C@H](c1cn2ncc([C@@H](O)NC(=O)CC34CC(F)(C3)C4)cc2n1)C1CCC(F)(F)CC1. The molecular weight excluding hydrogens is 543 g/mol. The molecule has 3 aromatic heterocycles. The number of aliphatic hydroxyl groups excluding tert-OH is 1. The van der Waals surface area contributed by atoms with Crippen LogP contribution in [0.3, 0.4) is 0 Å². The van der Waals surface area contributed by atoms with Crippen LogP contribution in [0.5, 0.6) is 0 Å². The number of amides is 2. The first-order valence-electron chi connectivity index (χ1n) is 13.9. The highest BCUT2D eigenvalue weighted by atomic mass is 19.3. The molecule has 14 heteroatoms. The van der Waals surface area contributed by atoms with Crippen molar-refractivity contribution in [1.82, 2.24) is 35.5 Å². The van der Waals surface area contributed by atoms with Crippen LogP contribution in [-0.4, -0.2) is 53.4 Å². The third-order valence-electron chi connectivity index (χ3n) is 8.70. The summed E-state index contributed by atoms with van der Waals surface area (Å²) in [6.07, 6.45) is 2.68. The molecule has 0 radical (unpaired) electrons. The first-order chi connectivity index (χ1) is 19.3. The Kier molecular flexibility index (Phi) is 6.58. The summed E-state index contributed by atoms with van der Waals surface area (Å²) >= 11 is 0. The number of hydrogen-bond donors (Lipinski definition) is 3. The molecule has 0 aliphatic heterocycles. The second-order valence-electron chi connectivity index (χ2n) is 12.4. The second-order valence-corrected chi connectivity index (χ2v) is 12.4. The molecule has 11 nitrogen and oxygen atoms in total. The number of fused-ring (bicyclic) bond motifs is 1. The van der Waals surface area contributed by atoms with Crippen molar-refractivity contribution in [2.24, 2.45) is 11.3 Å². The molecule has 2 bridgehead atoms. The van der Waals surface area contributed by atoms with Gasteiger partial charge in [0.05, 0.1) is 24.1 Å². The minimum atomic E-state index is -2.76. The molecule has 4 aliphatic carbocycles. The Morgan fingerprint density at radius 2 is 1.85 bits per heavy atom. The van der Waals surface area contributed by atoms with E-state index in [1.807, 2.05) is 13.8 Å². The number of aliphatic hydroxyl groups is 1. The number of imidazole rings is 1. The number of hydrogen-bond acceptors (Lipinski definition) is 8. The zero-order valence-electron chi connectivity index (χ0n) is 22.7. The minimum absolute atomic E-state index is 0.0229. The van der Waals surface area contributed by atoms with Gasteiger partial charge < -0.3 is 15.7 Å². The largest absolute Gasteiger partial charge is 0.369 e. The molecule has 2 atom stereocenters. The molecule has 220 valence electrons. The van der Waals surface area contributed by atoms with Gasteiger partial charge in [-0.15, -0.1) is 0 Å². The molecule has 3 N–H and O–H groups in total. The summed E-state index contributed by atoms with van der Waals surface area (Å²) in [5.41, 5.74) is 0.0284. The fourth-order valence-corrected chi connectivity index (χ4v) is 6.66. The average molecular weight is 576 g/mol. The van der Waals surface area contributed by atoms with E-state index in [0.29, 0.717) is 36.3 Å². The molecule has 7 rings (SSSR count). The molecule has 0 aromatic carbocycles. The summed E-state index contributed by atoms with van der Waals surface area (Å²) in [4.78, 5) is 30.3. The van der Waals surface area contributed by atoms with Crippen LogP contribution in [0.4, 0.5) is 13.2 Å². The van der Waals surface area contributed by atoms with Crippen molar-refractivity contribution in [3.8, 4) is 0 Å². The van der Waals surface area contributed by atoms with Gasteiger partial charge in [0.25, 0.3) is 5.91 Å². The summed E-state index contributed by atoms with van der Waals surface area (Å²) in [5, 5.41) is 27.9. The van der Waals surface area contributed by atoms with E-state index < -0.39 is 29.8 Å². The highest BCUT2D eigenvalue weighted by Gasteiger charge is 2.69. The lowest BCUT2D eigenvalue weighted by Gasteiger charge is -2.65. The third-order valence-corrected chi connectivity index (χ3v) is 8.70. The topological polar surface area (TPSA) is 148 Å². The highest BCUT2D eigenvalue weighted by molar-refractivity contribution is 5.93. The zero-order chi connectivity index (χ0) is 29.2. The molecule has 3 heterocycles. The maximum absolute atomic E-state index is 14.0. The number of aromatic nitrogens is 5. The van der Waals surface area contributed by atoms with Crippen LogP contribution >= 0.6 is 0 Å². The van der Waals surface area contributed by atoms with Crippen molar-refractivity contribution >= 4 is 17.5 Å². The smallest absolute Gasteiger partial charge is 0.276 e. The van der Waals surface area contributed by atoms with Crippen LogP contribution in [-0.2, 0) is 4.79 Å². The van der Waals surface area contributed by atoms with Gasteiger partial charge in [0.1, 0.15) is 11.4 Å². The molecule has 4 fully saturated rings. The van der Waals surface area contributed by atoms with Crippen LogP contribution in [0.1, 0.15) is 111 Å². The predicted octanol–water partition coefficient (Wildman–Crippen LogP) is 3.92. The number of nitrogens with zero attached hydrogens (tertiary/aromatic N) is 5. The molecule has 41 heavy (non-hydrogen) atoms. The minimum Gasteiger partial charge on any atom is -0.369 e. The van der Waals surface area contributed by atoms with E-state index in [0.717, 1.165) is 0 Å². The van der Waals surface area contributed by atoms with Crippen LogP contribution in [0.25, 0.3) is 5.65 Å². The molecule has 0 saturated heterocycles. The van der Waals surface area contributed by atoms with E-state index >= 15 is 0 Å². The van der Waals surface area contributed by atoms with Gasteiger partial charge in [0.15, 0.2) is 17.6 Å². The Balaban J connectivity index is 1.21. The van der Waals surface area contributed by atoms with Crippen molar-refractivity contribution < 1.29 is 32.5 Å². The average Bonchev–Trinajstić information content (AvgIpc) is 3.53. The van der Waals surface area contributed by atoms with E-state index in [9.17, 15) is 27.9 Å². The Labute approximate surface area is 233 Å². The van der Waals surface area contributed by atoms with Gasteiger partial charge in [-0.25, -0.2) is 27.3 Å². The molecular formula is C27H32F3N7O4. The van der Waals surface area contributed by atoms with E-state index in [4.69, 9.17) is 4.63 Å². The van der Waals surface area contributed by atoms with Crippen molar-refractivity contribution in [3.63, 3.8) is 0 Å². The maximum atomic E-state index is 14.0. The quantitative estimate of drug-likeness (QED) is 0.325. The number of rotatable bonds is 9. The first kappa shape index (κ1) is 27.6. The maximum Gasteiger partial charge on any atom is 0.276 e. The van der Waals surface area contributed by atoms with Gasteiger partial charge in [-0.05, 0) is 54.7 Å². The summed E-state index contributed by atoms with van der Waals surface area (Å²) in [7, 11) is 0. The number of carbonyl (C=O) groups is 2. The third kappa shape index (κ3) is 5.29. The molecule has 2 amide bonds. The van der Waals surface area contributed by atoms with Crippen molar-refractivity contribution in [1.29, 1.82) is 0 Å². The Bertz CT molecular complexity index is 1460. The molecule has 4 saturated carbocycles. The van der Waals surface area contributed by atoms with Crippen molar-refractivity contribution in [3.05, 3.63) is 41.1 Å².